The number of benzene rings is 13. The summed E-state index contributed by atoms with van der Waals surface area (Å²) in [4.78, 5) is 4.90. The van der Waals surface area contributed by atoms with Gasteiger partial charge in [0.05, 0.1) is 55.4 Å². The quantitative estimate of drug-likeness (QED) is 0.141. The van der Waals surface area contributed by atoms with Crippen molar-refractivity contribution in [3.63, 3.8) is 0 Å². The van der Waals surface area contributed by atoms with E-state index in [0.29, 0.717) is 22.7 Å². The van der Waals surface area contributed by atoms with E-state index in [1.807, 2.05) is 24.3 Å². The van der Waals surface area contributed by atoms with Gasteiger partial charge in [-0.25, -0.2) is 0 Å². The number of hydrogen-bond donors (Lipinski definition) is 0. The van der Waals surface area contributed by atoms with Crippen LogP contribution in [0.4, 0.5) is 34.1 Å². The molecule has 0 amide bonds. The fraction of sp³-hybridized carbons (Fsp3) is 0.316. The number of hydrogen-bond acceptors (Lipinski definition) is 2. The highest BCUT2D eigenvalue weighted by Gasteiger charge is 2.48. The van der Waals surface area contributed by atoms with Gasteiger partial charge in [-0.15, -0.1) is 0 Å². The highest BCUT2D eigenvalue weighted by atomic mass is 15.2. The van der Waals surface area contributed by atoms with Crippen LogP contribution >= 0.6 is 0 Å². The van der Waals surface area contributed by atoms with Crippen LogP contribution in [0.5, 0.6) is 0 Å². The lowest BCUT2D eigenvalue weighted by molar-refractivity contribution is 0.569. The van der Waals surface area contributed by atoms with E-state index in [4.69, 9.17) is 0 Å². The Hall–Kier alpha value is -10.9. The molecule has 0 saturated carbocycles. The minimum atomic E-state index is -0.813. The van der Waals surface area contributed by atoms with Crippen molar-refractivity contribution < 1.29 is 21.9 Å². The van der Waals surface area contributed by atoms with Gasteiger partial charge in [-0.05, 0) is 222 Å². The second-order valence-electron chi connectivity index (χ2n) is 42.8. The molecule has 17 rings (SSSR count). The average Bonchev–Trinajstić information content (AvgIpc) is 0.758. The maximum Gasteiger partial charge on any atom is 0.252 e. The van der Waals surface area contributed by atoms with E-state index >= 15 is 0 Å². The van der Waals surface area contributed by atoms with Crippen LogP contribution in [0.25, 0.3) is 99.5 Å². The number of fused-ring (bicyclic) bond motifs is 10. The van der Waals surface area contributed by atoms with E-state index in [-0.39, 0.29) is 59.9 Å². The number of nitrogens with zero attached hydrogens (tertiary/aromatic N) is 4. The minimum Gasteiger partial charge on any atom is -0.310 e. The van der Waals surface area contributed by atoms with Gasteiger partial charge in [0, 0.05) is 77.9 Å². The van der Waals surface area contributed by atoms with E-state index in [9.17, 15) is 21.9 Å². The molecule has 4 nitrogen and oxygen atoms in total. The molecule has 0 unspecified atom stereocenters. The predicted molar refractivity (Wildman–Crippen MR) is 519 cm³/mol. The molecular weight excluding hydrogens is 1440 g/mol. The molecule has 0 N–H and O–H groups in total. The molecule has 602 valence electrons. The zero-order chi connectivity index (χ0) is 98.8. The Morgan fingerprint density at radius 1 is 0.252 bits per heavy atom. The highest BCUT2D eigenvalue weighted by Crippen LogP contribution is 2.58. The molecule has 15 aromatic rings. The zero-order valence-corrected chi connectivity index (χ0v) is 74.9. The van der Waals surface area contributed by atoms with Gasteiger partial charge in [-0.3, -0.25) is 0 Å². The van der Waals surface area contributed by atoms with Crippen LogP contribution < -0.4 is 26.2 Å². The molecule has 119 heavy (non-hydrogen) atoms. The van der Waals surface area contributed by atoms with Crippen molar-refractivity contribution in [3.05, 3.63) is 304 Å². The molecule has 4 heterocycles. The maximum atomic E-state index is 10.1. The Morgan fingerprint density at radius 3 is 0.924 bits per heavy atom. The first-order valence-corrected chi connectivity index (χ1v) is 42.4. The summed E-state index contributed by atoms with van der Waals surface area (Å²) in [5.41, 5.74) is 20.5. The van der Waals surface area contributed by atoms with Crippen LogP contribution in [-0.2, 0) is 48.7 Å². The van der Waals surface area contributed by atoms with Gasteiger partial charge in [0.15, 0.2) is 0 Å². The van der Waals surface area contributed by atoms with E-state index in [2.05, 4.69) is 330 Å². The van der Waals surface area contributed by atoms with Gasteiger partial charge in [0.2, 0.25) is 0 Å². The molecule has 0 fully saturated rings. The van der Waals surface area contributed by atoms with Crippen LogP contribution in [0.2, 0.25) is 0 Å². The second kappa shape index (κ2) is 27.9. The van der Waals surface area contributed by atoms with E-state index in [0.717, 1.165) is 134 Å². The summed E-state index contributed by atoms with van der Waals surface area (Å²) in [6.45, 7) is 60.0. The number of para-hydroxylation sites is 4. The van der Waals surface area contributed by atoms with Crippen molar-refractivity contribution in [2.75, 3.05) is 9.80 Å². The molecule has 2 aliphatic heterocycles. The number of aromatic nitrogens is 2. The molecule has 2 aromatic heterocycles. The Kier molecular flexibility index (Phi) is 14.8. The molecule has 0 aliphatic carbocycles. The topological polar surface area (TPSA) is 16.3 Å². The zero-order valence-electron chi connectivity index (χ0n) is 90.9. The van der Waals surface area contributed by atoms with E-state index in [1.54, 1.807) is 9.13 Å². The average molecular weight is 1580 g/mol. The Bertz CT molecular complexity index is 7390. The van der Waals surface area contributed by atoms with E-state index in [1.165, 1.54) is 0 Å². The molecule has 5 heteroatoms. The third-order valence-corrected chi connectivity index (χ3v) is 24.9. The van der Waals surface area contributed by atoms with Crippen LogP contribution in [0.1, 0.15) is 259 Å². The van der Waals surface area contributed by atoms with Gasteiger partial charge < -0.3 is 18.9 Å². The third kappa shape index (κ3) is 13.9. The largest absolute Gasteiger partial charge is 0.310 e. The van der Waals surface area contributed by atoms with Crippen molar-refractivity contribution in [2.45, 2.75) is 236 Å². The summed E-state index contributed by atoms with van der Waals surface area (Å²) in [7, 11) is 0. The second-order valence-corrected chi connectivity index (χ2v) is 42.8. The number of rotatable bonds is 8. The predicted octanol–water partition coefficient (Wildman–Crippen LogP) is 30.3. The van der Waals surface area contributed by atoms with Crippen molar-refractivity contribution in [1.29, 1.82) is 0 Å². The molecule has 0 bridgehead atoms. The first-order chi connectivity index (χ1) is 62.4. The Morgan fingerprint density at radius 2 is 0.571 bits per heavy atom. The fourth-order valence-electron chi connectivity index (χ4n) is 18.2. The van der Waals surface area contributed by atoms with E-state index < -0.39 is 136 Å². The normalized spacial score (nSPS) is 15.7. The highest BCUT2D eigenvalue weighted by molar-refractivity contribution is 7.00. The van der Waals surface area contributed by atoms with Crippen molar-refractivity contribution in [1.82, 2.24) is 9.13 Å². The monoisotopic (exact) mass is 1580 g/mol. The summed E-state index contributed by atoms with van der Waals surface area (Å²) in [5, 5.41) is -0.268. The lowest BCUT2D eigenvalue weighted by atomic mass is 9.33. The minimum absolute atomic E-state index is 0.0439. The Labute approximate surface area is 734 Å². The first kappa shape index (κ1) is 63.2. The van der Waals surface area contributed by atoms with Gasteiger partial charge in [0.1, 0.15) is 0 Å². The number of anilines is 6. The summed E-state index contributed by atoms with van der Waals surface area (Å²) >= 11 is 0. The standard InChI is InChI=1S/C114H123BN4/c1-106(2,3)72-51-47-70(48-52-72)85-61-75(109(10,11)12)63-87(80-58-55-74(108(7,8)9)65-91(80)114(25,26)27)104(85)118-98-68-78(116-94-43-32-28-37-81(94)82-38-29-33-44-95(82)116)56-59-92(98)115-93-60-57-79(117-96-45-34-30-39-83(96)84-40-31-35-46-97(84)117)69-99(93)119(101-67-77(111(16,17)18)66-100(118)103(101)115)105-86(71-49-53-73(54-50-71)107(4,5)6)62-76(110(13,14)15)64-88(105)102-89(112(19,20)21)41-36-42-90(102)113(22,23)24/h28-69H,1-27H3/i28D,29D,30D,31D,32D,33D,34D,35D,37D,38D,39D,40D,43D,44D,45D,46D. The molecule has 2 aliphatic rings. The lowest BCUT2D eigenvalue weighted by Gasteiger charge is -2.47. The van der Waals surface area contributed by atoms with Gasteiger partial charge in [-0.2, -0.15) is 0 Å². The van der Waals surface area contributed by atoms with Crippen LogP contribution in [0.15, 0.2) is 254 Å². The van der Waals surface area contributed by atoms with Gasteiger partial charge in [-0.1, -0.05) is 357 Å². The van der Waals surface area contributed by atoms with Crippen LogP contribution in [0.3, 0.4) is 0 Å². The SMILES string of the molecule is [2H]c1c([2H])c([2H])c2c(c1[2H])c1c([2H])c([2H])c([2H])c([2H])c1n2-c1ccc2c(c1)N(c1c(-c3ccc(C(C)(C)C)cc3)cc(C(C)(C)C)cc1-c1ccc(C(C)(C)C)cc1C(C)(C)C)c1cc(C(C)(C)C)cc3c1B2c1ccc(-n2c4c([2H])c([2H])c([2H])c([2H])c4c4c([2H])c([2H])c([2H])c([2H])c42)cc1N3c1c(-c2ccc(C(C)(C)C)cc2)cc(C(C)(C)C)cc1-c1c(C(C)(C)C)cccc1C(C)(C)C. The summed E-state index contributed by atoms with van der Waals surface area (Å²) in [5.74, 6) is 0. The van der Waals surface area contributed by atoms with Gasteiger partial charge >= 0.3 is 0 Å². The molecule has 0 atom stereocenters. The summed E-state index contributed by atoms with van der Waals surface area (Å²) in [6, 6.07) is 49.9. The van der Waals surface area contributed by atoms with Crippen LogP contribution in [-0.4, -0.2) is 15.8 Å². The maximum absolute atomic E-state index is 10.1. The Balaban J connectivity index is 1.17. The van der Waals surface area contributed by atoms with Crippen LogP contribution in [0, 0.1) is 0 Å². The molecule has 0 radical (unpaired) electrons. The lowest BCUT2D eigenvalue weighted by Crippen LogP contribution is -2.61. The molecule has 13 aromatic carbocycles. The van der Waals surface area contributed by atoms with Gasteiger partial charge in [0.25, 0.3) is 6.71 Å². The first-order valence-electron chi connectivity index (χ1n) is 50.4. The smallest absolute Gasteiger partial charge is 0.252 e. The molecule has 0 saturated heterocycles. The summed E-state index contributed by atoms with van der Waals surface area (Å²) < 4.78 is 158. The third-order valence-electron chi connectivity index (χ3n) is 24.9. The van der Waals surface area contributed by atoms with Crippen molar-refractivity contribution in [2.24, 2.45) is 0 Å². The van der Waals surface area contributed by atoms with Crippen molar-refractivity contribution >= 4 is 101 Å². The van der Waals surface area contributed by atoms with Crippen molar-refractivity contribution in [3.8, 4) is 55.9 Å². The molecular formula is C114H123BN4. The summed E-state index contributed by atoms with van der Waals surface area (Å²) in [6.07, 6.45) is 0. The molecule has 0 spiro atoms. The fourth-order valence-corrected chi connectivity index (χ4v) is 18.2.